The summed E-state index contributed by atoms with van der Waals surface area (Å²) in [6.07, 6.45) is 3.74. The molecule has 0 spiro atoms. The van der Waals surface area contributed by atoms with Gasteiger partial charge in [0, 0.05) is 61.3 Å². The molecule has 2 fully saturated rings. The SMILES string of the molecule is c1ccc(C(c2cc3nc(-c4cccc5[nH]ncc45)nc(N4CCOCC4)c3s2)N2CCNCC2)nc1. The van der Waals surface area contributed by atoms with E-state index in [1.54, 1.807) is 11.3 Å². The Balaban J connectivity index is 1.41. The van der Waals surface area contributed by atoms with Crippen molar-refractivity contribution in [1.29, 1.82) is 0 Å². The van der Waals surface area contributed by atoms with E-state index >= 15 is 0 Å². The molecule has 0 bridgehead atoms. The minimum atomic E-state index is 0.0841. The van der Waals surface area contributed by atoms with Crippen LogP contribution in [0.2, 0.25) is 0 Å². The van der Waals surface area contributed by atoms with Crippen molar-refractivity contribution in [1.82, 2.24) is 35.4 Å². The molecule has 0 aliphatic carbocycles. The Morgan fingerprint density at radius 1 is 0.973 bits per heavy atom. The third-order valence-electron chi connectivity index (χ3n) is 7.16. The Kier molecular flexibility index (Phi) is 6.01. The minimum Gasteiger partial charge on any atom is -0.378 e. The second-order valence-electron chi connectivity index (χ2n) is 9.41. The predicted octanol–water partition coefficient (Wildman–Crippen LogP) is 3.46. The number of morpholine rings is 1. The summed E-state index contributed by atoms with van der Waals surface area (Å²) in [6.45, 7) is 6.95. The first-order valence-corrected chi connectivity index (χ1v) is 13.6. The number of aromatic amines is 1. The van der Waals surface area contributed by atoms with Crippen molar-refractivity contribution in [3.05, 3.63) is 65.4 Å². The summed E-state index contributed by atoms with van der Waals surface area (Å²) in [5.41, 5.74) is 4.01. The number of nitrogens with zero attached hydrogens (tertiary/aromatic N) is 6. The zero-order valence-electron chi connectivity index (χ0n) is 20.4. The molecule has 188 valence electrons. The summed E-state index contributed by atoms with van der Waals surface area (Å²) in [4.78, 5) is 21.2. The highest BCUT2D eigenvalue weighted by atomic mass is 32.1. The fourth-order valence-corrected chi connectivity index (χ4v) is 6.59. The molecule has 1 unspecified atom stereocenters. The van der Waals surface area contributed by atoms with E-state index in [0.717, 1.165) is 83.3 Å². The lowest BCUT2D eigenvalue weighted by atomic mass is 10.1. The largest absolute Gasteiger partial charge is 0.378 e. The maximum atomic E-state index is 5.66. The Labute approximate surface area is 218 Å². The number of rotatable bonds is 5. The van der Waals surface area contributed by atoms with Crippen molar-refractivity contribution >= 4 is 38.3 Å². The van der Waals surface area contributed by atoms with Crippen LogP contribution in [-0.2, 0) is 4.74 Å². The summed E-state index contributed by atoms with van der Waals surface area (Å²) in [5.74, 6) is 1.71. The van der Waals surface area contributed by atoms with Gasteiger partial charge in [-0.15, -0.1) is 11.3 Å². The molecule has 1 atom stereocenters. The maximum Gasteiger partial charge on any atom is 0.162 e. The molecule has 10 heteroatoms. The average Bonchev–Trinajstić information content (AvgIpc) is 3.61. The summed E-state index contributed by atoms with van der Waals surface area (Å²) in [5, 5.41) is 11.8. The quantitative estimate of drug-likeness (QED) is 0.370. The van der Waals surface area contributed by atoms with Crippen LogP contribution in [0.4, 0.5) is 5.82 Å². The molecule has 0 saturated carbocycles. The van der Waals surface area contributed by atoms with Gasteiger partial charge in [-0.3, -0.25) is 15.0 Å². The van der Waals surface area contributed by atoms with Crippen LogP contribution in [0.1, 0.15) is 16.6 Å². The second-order valence-corrected chi connectivity index (χ2v) is 10.5. The van der Waals surface area contributed by atoms with Gasteiger partial charge in [0.15, 0.2) is 11.6 Å². The lowest BCUT2D eigenvalue weighted by Gasteiger charge is -2.34. The molecule has 4 aromatic heterocycles. The number of piperazine rings is 1. The van der Waals surface area contributed by atoms with E-state index in [9.17, 15) is 0 Å². The van der Waals surface area contributed by atoms with Gasteiger partial charge in [0.25, 0.3) is 0 Å². The molecule has 2 aliphatic rings. The topological polar surface area (TPSA) is 95.1 Å². The monoisotopic (exact) mass is 512 g/mol. The standard InChI is InChI=1S/C27H28N8OS/c1-2-7-29-21(5-1)24(34-10-8-28-9-11-34)23-16-22-25(37-23)27(35-12-14-36-15-13-35)32-26(31-22)18-4-3-6-20-19(18)17-30-33-20/h1-7,16-17,24,28H,8-15H2,(H,30,33). The Bertz CT molecular complexity index is 1520. The van der Waals surface area contributed by atoms with Crippen molar-refractivity contribution < 1.29 is 4.74 Å². The number of pyridine rings is 1. The van der Waals surface area contributed by atoms with E-state index in [1.807, 2.05) is 30.6 Å². The van der Waals surface area contributed by atoms with Gasteiger partial charge in [0.05, 0.1) is 46.9 Å². The number of fused-ring (bicyclic) bond motifs is 2. The molecule has 9 nitrogen and oxygen atoms in total. The number of hydrogen-bond donors (Lipinski definition) is 2. The number of H-pyrrole nitrogens is 1. The van der Waals surface area contributed by atoms with Crippen molar-refractivity contribution in [2.45, 2.75) is 6.04 Å². The Hall–Kier alpha value is -3.44. The van der Waals surface area contributed by atoms with E-state index in [-0.39, 0.29) is 6.04 Å². The van der Waals surface area contributed by atoms with Crippen LogP contribution in [0.5, 0.6) is 0 Å². The molecule has 5 aromatic rings. The summed E-state index contributed by atoms with van der Waals surface area (Å²) in [7, 11) is 0. The number of hydrogen-bond acceptors (Lipinski definition) is 9. The smallest absolute Gasteiger partial charge is 0.162 e. The van der Waals surface area contributed by atoms with Crippen molar-refractivity contribution in [3.8, 4) is 11.4 Å². The van der Waals surface area contributed by atoms with Crippen LogP contribution in [0.25, 0.3) is 32.5 Å². The first-order valence-electron chi connectivity index (χ1n) is 12.8. The zero-order chi connectivity index (χ0) is 24.6. The highest BCUT2D eigenvalue weighted by Crippen LogP contribution is 2.40. The summed E-state index contributed by atoms with van der Waals surface area (Å²) >= 11 is 1.80. The number of anilines is 1. The molecule has 0 radical (unpaired) electrons. The van der Waals surface area contributed by atoms with Crippen LogP contribution in [-0.4, -0.2) is 82.5 Å². The van der Waals surface area contributed by atoms with Crippen LogP contribution < -0.4 is 10.2 Å². The molecular weight excluding hydrogens is 484 g/mol. The van der Waals surface area contributed by atoms with Crippen LogP contribution >= 0.6 is 11.3 Å². The molecule has 0 amide bonds. The second kappa shape index (κ2) is 9.79. The van der Waals surface area contributed by atoms with Crippen LogP contribution in [0, 0.1) is 0 Å². The van der Waals surface area contributed by atoms with E-state index in [0.29, 0.717) is 13.2 Å². The van der Waals surface area contributed by atoms with E-state index < -0.39 is 0 Å². The molecule has 2 N–H and O–H groups in total. The highest BCUT2D eigenvalue weighted by molar-refractivity contribution is 7.19. The molecule has 6 heterocycles. The van der Waals surface area contributed by atoms with E-state index in [4.69, 9.17) is 19.7 Å². The number of aromatic nitrogens is 5. The van der Waals surface area contributed by atoms with Crippen molar-refractivity contribution in [2.24, 2.45) is 0 Å². The number of benzene rings is 1. The van der Waals surface area contributed by atoms with Gasteiger partial charge in [-0.2, -0.15) is 5.10 Å². The fraction of sp³-hybridized carbons (Fsp3) is 0.333. The molecule has 2 aliphatic heterocycles. The van der Waals surface area contributed by atoms with Gasteiger partial charge >= 0.3 is 0 Å². The van der Waals surface area contributed by atoms with Gasteiger partial charge in [0.1, 0.15) is 0 Å². The average molecular weight is 513 g/mol. The van der Waals surface area contributed by atoms with Crippen molar-refractivity contribution in [2.75, 3.05) is 57.4 Å². The van der Waals surface area contributed by atoms with Crippen LogP contribution in [0.3, 0.4) is 0 Å². The zero-order valence-corrected chi connectivity index (χ0v) is 21.2. The molecular formula is C27H28N8OS. The van der Waals surface area contributed by atoms with Gasteiger partial charge in [0.2, 0.25) is 0 Å². The van der Waals surface area contributed by atoms with Gasteiger partial charge < -0.3 is 15.0 Å². The number of nitrogens with one attached hydrogen (secondary N) is 2. The summed E-state index contributed by atoms with van der Waals surface area (Å²) in [6, 6.07) is 14.7. The van der Waals surface area contributed by atoms with Gasteiger partial charge in [-0.25, -0.2) is 9.97 Å². The normalized spacial score (nSPS) is 18.0. The summed E-state index contributed by atoms with van der Waals surface area (Å²) < 4.78 is 6.78. The first-order chi connectivity index (χ1) is 18.3. The van der Waals surface area contributed by atoms with E-state index in [1.165, 1.54) is 4.88 Å². The minimum absolute atomic E-state index is 0.0841. The van der Waals surface area contributed by atoms with E-state index in [2.05, 4.69) is 49.6 Å². The van der Waals surface area contributed by atoms with Gasteiger partial charge in [-0.05, 0) is 24.3 Å². The molecule has 1 aromatic carbocycles. The lowest BCUT2D eigenvalue weighted by molar-refractivity contribution is 0.122. The fourth-order valence-electron chi connectivity index (χ4n) is 5.33. The number of thiophene rings is 1. The Morgan fingerprint density at radius 3 is 2.70 bits per heavy atom. The number of ether oxygens (including phenoxy) is 1. The highest BCUT2D eigenvalue weighted by Gasteiger charge is 2.29. The lowest BCUT2D eigenvalue weighted by Crippen LogP contribution is -2.45. The maximum absolute atomic E-state index is 5.66. The Morgan fingerprint density at radius 2 is 1.86 bits per heavy atom. The third-order valence-corrected chi connectivity index (χ3v) is 8.34. The van der Waals surface area contributed by atoms with Gasteiger partial charge in [-0.1, -0.05) is 18.2 Å². The predicted molar refractivity (Wildman–Crippen MR) is 146 cm³/mol. The van der Waals surface area contributed by atoms with Crippen molar-refractivity contribution in [3.63, 3.8) is 0 Å². The third kappa shape index (κ3) is 4.25. The molecule has 37 heavy (non-hydrogen) atoms. The molecule has 2 saturated heterocycles. The van der Waals surface area contributed by atoms with Crippen LogP contribution in [0.15, 0.2) is 54.9 Å². The molecule has 7 rings (SSSR count). The first kappa shape index (κ1) is 22.7.